The van der Waals surface area contributed by atoms with Gasteiger partial charge >= 0.3 is 0 Å². The first-order valence-corrected chi connectivity index (χ1v) is 12.0. The van der Waals surface area contributed by atoms with E-state index in [4.69, 9.17) is 11.6 Å². The fourth-order valence-electron chi connectivity index (χ4n) is 3.15. The molecule has 0 saturated heterocycles. The standard InChI is InChI=1S/C24H20BrClN4OS/c1-15-6-9-20(10-7-15)30-23(17-4-3-5-18(26)13-17)28-29-24(30)32-14-22(31)27-19-8-11-21(25)16(2)12-19/h3-13H,14H2,1-2H3,(H,27,31). The minimum absolute atomic E-state index is 0.112. The van der Waals surface area contributed by atoms with Crippen molar-refractivity contribution in [2.75, 3.05) is 11.1 Å². The van der Waals surface area contributed by atoms with Gasteiger partial charge in [-0.25, -0.2) is 0 Å². The van der Waals surface area contributed by atoms with Crippen LogP contribution in [0.25, 0.3) is 17.1 Å². The molecule has 0 spiro atoms. The van der Waals surface area contributed by atoms with Crippen LogP contribution in [0.5, 0.6) is 0 Å². The van der Waals surface area contributed by atoms with E-state index in [0.29, 0.717) is 16.0 Å². The Labute approximate surface area is 204 Å². The van der Waals surface area contributed by atoms with Crippen LogP contribution in [0.15, 0.2) is 76.4 Å². The predicted molar refractivity (Wildman–Crippen MR) is 135 cm³/mol. The molecule has 8 heteroatoms. The maximum Gasteiger partial charge on any atom is 0.234 e. The fraction of sp³-hybridized carbons (Fsp3) is 0.125. The lowest BCUT2D eigenvalue weighted by Gasteiger charge is -2.11. The summed E-state index contributed by atoms with van der Waals surface area (Å²) < 4.78 is 2.96. The summed E-state index contributed by atoms with van der Waals surface area (Å²) in [4.78, 5) is 12.6. The fourth-order valence-corrected chi connectivity index (χ4v) is 4.34. The molecule has 0 bridgehead atoms. The van der Waals surface area contributed by atoms with Gasteiger partial charge in [0.1, 0.15) is 0 Å². The Hall–Kier alpha value is -2.61. The van der Waals surface area contributed by atoms with E-state index >= 15 is 0 Å². The molecule has 0 radical (unpaired) electrons. The van der Waals surface area contributed by atoms with E-state index < -0.39 is 0 Å². The Morgan fingerprint density at radius 1 is 1.06 bits per heavy atom. The summed E-state index contributed by atoms with van der Waals surface area (Å²) in [5, 5.41) is 13.0. The highest BCUT2D eigenvalue weighted by Crippen LogP contribution is 2.29. The minimum atomic E-state index is -0.112. The van der Waals surface area contributed by atoms with Gasteiger partial charge in [-0.1, -0.05) is 69.1 Å². The first-order chi connectivity index (χ1) is 15.4. The number of aryl methyl sites for hydroxylation is 2. The van der Waals surface area contributed by atoms with Crippen LogP contribution in [-0.2, 0) is 4.79 Å². The summed E-state index contributed by atoms with van der Waals surface area (Å²) in [5.74, 6) is 0.761. The van der Waals surface area contributed by atoms with Crippen LogP contribution in [0.2, 0.25) is 5.02 Å². The second-order valence-corrected chi connectivity index (χ2v) is 9.52. The maximum atomic E-state index is 12.6. The number of hydrogen-bond acceptors (Lipinski definition) is 4. The molecule has 0 saturated carbocycles. The molecule has 162 valence electrons. The monoisotopic (exact) mass is 526 g/mol. The van der Waals surface area contributed by atoms with Gasteiger partial charge in [-0.2, -0.15) is 0 Å². The number of thioether (sulfide) groups is 1. The van der Waals surface area contributed by atoms with E-state index in [-0.39, 0.29) is 11.7 Å². The zero-order valence-electron chi connectivity index (χ0n) is 17.5. The van der Waals surface area contributed by atoms with Crippen LogP contribution < -0.4 is 5.32 Å². The molecule has 0 fully saturated rings. The first kappa shape index (κ1) is 22.6. The third-order valence-corrected chi connectivity index (χ3v) is 6.84. The number of halogens is 2. The summed E-state index contributed by atoms with van der Waals surface area (Å²) in [6.07, 6.45) is 0. The van der Waals surface area contributed by atoms with Gasteiger partial charge in [0.25, 0.3) is 0 Å². The molecular formula is C24H20BrClN4OS. The third-order valence-electron chi connectivity index (χ3n) is 4.78. The van der Waals surface area contributed by atoms with E-state index in [1.165, 1.54) is 11.8 Å². The smallest absolute Gasteiger partial charge is 0.234 e. The summed E-state index contributed by atoms with van der Waals surface area (Å²) >= 11 is 11.0. The molecule has 1 N–H and O–H groups in total. The van der Waals surface area contributed by atoms with Gasteiger partial charge < -0.3 is 5.32 Å². The van der Waals surface area contributed by atoms with Gasteiger partial charge in [0.2, 0.25) is 5.91 Å². The van der Waals surface area contributed by atoms with Gasteiger partial charge in [0.05, 0.1) is 5.75 Å². The van der Waals surface area contributed by atoms with Crippen molar-refractivity contribution in [3.8, 4) is 17.1 Å². The summed E-state index contributed by atoms with van der Waals surface area (Å²) in [6.45, 7) is 4.02. The summed E-state index contributed by atoms with van der Waals surface area (Å²) in [6, 6.07) is 21.3. The Kier molecular flexibility index (Phi) is 6.98. The molecule has 0 unspecified atom stereocenters. The van der Waals surface area contributed by atoms with Crippen molar-refractivity contribution in [2.24, 2.45) is 0 Å². The van der Waals surface area contributed by atoms with Crippen molar-refractivity contribution < 1.29 is 4.79 Å². The van der Waals surface area contributed by atoms with Gasteiger partial charge in [-0.05, 0) is 61.9 Å². The van der Waals surface area contributed by atoms with E-state index in [9.17, 15) is 4.79 Å². The van der Waals surface area contributed by atoms with Crippen molar-refractivity contribution in [3.63, 3.8) is 0 Å². The molecule has 0 aliphatic carbocycles. The van der Waals surface area contributed by atoms with Crippen molar-refractivity contribution in [2.45, 2.75) is 19.0 Å². The van der Waals surface area contributed by atoms with E-state index in [0.717, 1.165) is 32.5 Å². The summed E-state index contributed by atoms with van der Waals surface area (Å²) in [7, 11) is 0. The maximum absolute atomic E-state index is 12.6. The zero-order chi connectivity index (χ0) is 22.7. The van der Waals surface area contributed by atoms with E-state index in [1.54, 1.807) is 0 Å². The number of rotatable bonds is 6. The number of nitrogens with zero attached hydrogens (tertiary/aromatic N) is 3. The van der Waals surface area contributed by atoms with Gasteiger partial charge in [-0.3, -0.25) is 9.36 Å². The third kappa shape index (κ3) is 5.23. The highest BCUT2D eigenvalue weighted by atomic mass is 79.9. The number of hydrogen-bond donors (Lipinski definition) is 1. The van der Waals surface area contributed by atoms with Crippen LogP contribution in [0.4, 0.5) is 5.69 Å². The van der Waals surface area contributed by atoms with Crippen LogP contribution in [0.1, 0.15) is 11.1 Å². The van der Waals surface area contributed by atoms with Crippen LogP contribution >= 0.6 is 39.3 Å². The number of amides is 1. The molecule has 32 heavy (non-hydrogen) atoms. The second-order valence-electron chi connectivity index (χ2n) is 7.29. The highest BCUT2D eigenvalue weighted by molar-refractivity contribution is 9.10. The van der Waals surface area contributed by atoms with Crippen molar-refractivity contribution in [3.05, 3.63) is 87.4 Å². The molecule has 3 aromatic carbocycles. The van der Waals surface area contributed by atoms with Gasteiger partial charge in [0.15, 0.2) is 11.0 Å². The Balaban J connectivity index is 1.60. The number of nitrogens with one attached hydrogen (secondary N) is 1. The predicted octanol–water partition coefficient (Wildman–Crippen LogP) is 6.70. The van der Waals surface area contributed by atoms with Crippen LogP contribution in [-0.4, -0.2) is 26.4 Å². The summed E-state index contributed by atoms with van der Waals surface area (Å²) in [5.41, 5.74) is 4.75. The minimum Gasteiger partial charge on any atom is -0.325 e. The van der Waals surface area contributed by atoms with E-state index in [2.05, 4.69) is 31.4 Å². The lowest BCUT2D eigenvalue weighted by atomic mass is 10.2. The Morgan fingerprint density at radius 2 is 1.84 bits per heavy atom. The lowest BCUT2D eigenvalue weighted by molar-refractivity contribution is -0.113. The molecule has 1 aromatic heterocycles. The second kappa shape index (κ2) is 9.90. The van der Waals surface area contributed by atoms with Gasteiger partial charge in [0, 0.05) is 26.4 Å². The molecule has 4 aromatic rings. The normalized spacial score (nSPS) is 10.9. The van der Waals surface area contributed by atoms with Crippen molar-refractivity contribution >= 4 is 50.9 Å². The Bertz CT molecular complexity index is 1270. The molecule has 1 amide bonds. The van der Waals surface area contributed by atoms with Crippen molar-refractivity contribution in [1.29, 1.82) is 0 Å². The Morgan fingerprint density at radius 3 is 2.56 bits per heavy atom. The van der Waals surface area contributed by atoms with Crippen LogP contribution in [0.3, 0.4) is 0 Å². The first-order valence-electron chi connectivity index (χ1n) is 9.88. The van der Waals surface area contributed by atoms with Crippen molar-refractivity contribution in [1.82, 2.24) is 14.8 Å². The molecule has 0 aliphatic heterocycles. The van der Waals surface area contributed by atoms with E-state index in [1.807, 2.05) is 85.1 Å². The molecule has 1 heterocycles. The number of aromatic nitrogens is 3. The number of carbonyl (C=O) groups is 1. The average molecular weight is 528 g/mol. The van der Waals surface area contributed by atoms with Gasteiger partial charge in [-0.15, -0.1) is 10.2 Å². The zero-order valence-corrected chi connectivity index (χ0v) is 20.6. The molecule has 0 aliphatic rings. The molecule has 4 rings (SSSR count). The largest absolute Gasteiger partial charge is 0.325 e. The quantitative estimate of drug-likeness (QED) is 0.284. The number of benzene rings is 3. The topological polar surface area (TPSA) is 59.8 Å². The molecule has 5 nitrogen and oxygen atoms in total. The average Bonchev–Trinajstić information content (AvgIpc) is 3.19. The SMILES string of the molecule is Cc1ccc(-n2c(SCC(=O)Nc3ccc(Br)c(C)c3)nnc2-c2cccc(Cl)c2)cc1. The molecular weight excluding hydrogens is 508 g/mol. The molecule has 0 atom stereocenters. The lowest BCUT2D eigenvalue weighted by Crippen LogP contribution is -2.14. The number of carbonyl (C=O) groups excluding carboxylic acids is 1. The van der Waals surface area contributed by atoms with Crippen LogP contribution in [0, 0.1) is 13.8 Å². The highest BCUT2D eigenvalue weighted by Gasteiger charge is 2.18. The number of anilines is 1.